The van der Waals surface area contributed by atoms with Gasteiger partial charge >= 0.3 is 0 Å². The van der Waals surface area contributed by atoms with Crippen molar-refractivity contribution in [1.29, 1.82) is 0 Å². The lowest BCUT2D eigenvalue weighted by atomic mass is 10.1. The van der Waals surface area contributed by atoms with Crippen LogP contribution >= 0.6 is 0 Å². The normalized spacial score (nSPS) is 10.3. The van der Waals surface area contributed by atoms with Gasteiger partial charge in [-0.15, -0.1) is 0 Å². The molecule has 144 valence electrons. The van der Waals surface area contributed by atoms with Gasteiger partial charge in [-0.05, 0) is 37.1 Å². The molecule has 6 nitrogen and oxygen atoms in total. The molecule has 2 aromatic rings. The number of carbonyl (C=O) groups excluding carboxylic acids is 2. The first kappa shape index (κ1) is 20.3. The van der Waals surface area contributed by atoms with Crippen molar-refractivity contribution in [2.45, 2.75) is 27.2 Å². The molecule has 0 saturated carbocycles. The first-order valence-corrected chi connectivity index (χ1v) is 8.73. The number of rotatable bonds is 7. The molecule has 0 fully saturated rings. The number of ether oxygens (including phenoxy) is 2. The van der Waals surface area contributed by atoms with Crippen LogP contribution in [0.15, 0.2) is 36.4 Å². The monoisotopic (exact) mass is 370 g/mol. The van der Waals surface area contributed by atoms with E-state index in [0.717, 1.165) is 16.8 Å². The average molecular weight is 370 g/mol. The summed E-state index contributed by atoms with van der Waals surface area (Å²) in [6.07, 6.45) is 0.182. The largest absolute Gasteiger partial charge is 0.493 e. The smallest absolute Gasteiger partial charge is 0.226 e. The quantitative estimate of drug-likeness (QED) is 0.807. The molecule has 0 aromatic heterocycles. The summed E-state index contributed by atoms with van der Waals surface area (Å²) in [5, 5.41) is 2.83. The average Bonchev–Trinajstić information content (AvgIpc) is 2.63. The highest BCUT2D eigenvalue weighted by molar-refractivity contribution is 5.96. The number of aryl methyl sites for hydroxylation is 2. The zero-order valence-electron chi connectivity index (χ0n) is 16.5. The zero-order chi connectivity index (χ0) is 20.0. The summed E-state index contributed by atoms with van der Waals surface area (Å²) < 4.78 is 10.4. The number of nitrogens with one attached hydrogen (secondary N) is 1. The van der Waals surface area contributed by atoms with Crippen molar-refractivity contribution < 1.29 is 19.1 Å². The fourth-order valence-corrected chi connectivity index (χ4v) is 3.01. The predicted octanol–water partition coefficient (Wildman–Crippen LogP) is 3.70. The Kier molecular flexibility index (Phi) is 6.82. The highest BCUT2D eigenvalue weighted by Crippen LogP contribution is 2.30. The van der Waals surface area contributed by atoms with Gasteiger partial charge in [0.25, 0.3) is 0 Å². The second-order valence-electron chi connectivity index (χ2n) is 6.28. The van der Waals surface area contributed by atoms with Gasteiger partial charge in [-0.2, -0.15) is 0 Å². The molecule has 2 aromatic carbocycles. The van der Waals surface area contributed by atoms with Crippen LogP contribution in [0.25, 0.3) is 0 Å². The number of para-hydroxylation sites is 1. The van der Waals surface area contributed by atoms with Gasteiger partial charge < -0.3 is 19.7 Å². The van der Waals surface area contributed by atoms with E-state index in [1.54, 1.807) is 37.3 Å². The lowest BCUT2D eigenvalue weighted by molar-refractivity contribution is -0.117. The molecular formula is C21H26N2O4. The van der Waals surface area contributed by atoms with Gasteiger partial charge in [-0.3, -0.25) is 9.59 Å². The number of hydrogen-bond donors (Lipinski definition) is 1. The van der Waals surface area contributed by atoms with Crippen LogP contribution in [0.4, 0.5) is 11.4 Å². The first-order valence-electron chi connectivity index (χ1n) is 8.73. The highest BCUT2D eigenvalue weighted by Gasteiger charge is 2.17. The maximum Gasteiger partial charge on any atom is 0.226 e. The van der Waals surface area contributed by atoms with E-state index in [1.165, 1.54) is 6.92 Å². The van der Waals surface area contributed by atoms with Crippen LogP contribution in [0.1, 0.15) is 24.5 Å². The molecule has 0 spiro atoms. The van der Waals surface area contributed by atoms with E-state index in [2.05, 4.69) is 5.32 Å². The molecule has 6 heteroatoms. The number of hydrogen-bond acceptors (Lipinski definition) is 4. The summed E-state index contributed by atoms with van der Waals surface area (Å²) >= 11 is 0. The highest BCUT2D eigenvalue weighted by atomic mass is 16.5. The summed E-state index contributed by atoms with van der Waals surface area (Å²) in [5.41, 5.74) is 3.49. The van der Waals surface area contributed by atoms with Crippen molar-refractivity contribution in [3.63, 3.8) is 0 Å². The van der Waals surface area contributed by atoms with Crippen molar-refractivity contribution in [3.05, 3.63) is 47.5 Å². The molecule has 2 rings (SSSR count). The van der Waals surface area contributed by atoms with Gasteiger partial charge in [-0.1, -0.05) is 18.2 Å². The van der Waals surface area contributed by atoms with Crippen LogP contribution in [0.5, 0.6) is 11.5 Å². The molecule has 0 radical (unpaired) electrons. The van der Waals surface area contributed by atoms with E-state index in [9.17, 15) is 9.59 Å². The Labute approximate surface area is 160 Å². The molecule has 0 unspecified atom stereocenters. The number of amides is 2. The lowest BCUT2D eigenvalue weighted by Crippen LogP contribution is -2.33. The summed E-state index contributed by atoms with van der Waals surface area (Å²) in [4.78, 5) is 26.2. The molecule has 0 saturated heterocycles. The van der Waals surface area contributed by atoms with E-state index < -0.39 is 0 Å². The molecule has 0 aliphatic carbocycles. The van der Waals surface area contributed by atoms with Crippen LogP contribution in [-0.4, -0.2) is 32.6 Å². The van der Waals surface area contributed by atoms with Gasteiger partial charge in [0.05, 0.1) is 14.2 Å². The SMILES string of the molecule is COc1ccc(NC(=O)CCN(C(C)=O)c2c(C)cccc2C)cc1OC. The second kappa shape index (κ2) is 9.07. The Bertz CT molecular complexity index is 813. The van der Waals surface area contributed by atoms with Gasteiger partial charge in [0.15, 0.2) is 11.5 Å². The number of anilines is 2. The van der Waals surface area contributed by atoms with Crippen LogP contribution in [0.3, 0.4) is 0 Å². The molecule has 1 N–H and O–H groups in total. The van der Waals surface area contributed by atoms with Crippen molar-refractivity contribution >= 4 is 23.2 Å². The second-order valence-corrected chi connectivity index (χ2v) is 6.28. The van der Waals surface area contributed by atoms with Gasteiger partial charge in [0.2, 0.25) is 11.8 Å². The summed E-state index contributed by atoms with van der Waals surface area (Å²) in [6, 6.07) is 11.0. The molecular weight excluding hydrogens is 344 g/mol. The maximum atomic E-state index is 12.4. The zero-order valence-corrected chi connectivity index (χ0v) is 16.5. The number of benzene rings is 2. The topological polar surface area (TPSA) is 67.9 Å². The molecule has 0 aliphatic rings. The van der Waals surface area contributed by atoms with Crippen LogP contribution in [-0.2, 0) is 9.59 Å². The van der Waals surface area contributed by atoms with Crippen LogP contribution in [0, 0.1) is 13.8 Å². The molecule has 2 amide bonds. The fourth-order valence-electron chi connectivity index (χ4n) is 3.01. The summed E-state index contributed by atoms with van der Waals surface area (Å²) in [5.74, 6) is 0.857. The third-order valence-electron chi connectivity index (χ3n) is 4.32. The minimum absolute atomic E-state index is 0.0914. The Morgan fingerprint density at radius 1 is 1.00 bits per heavy atom. The number of nitrogens with zero attached hydrogens (tertiary/aromatic N) is 1. The van der Waals surface area contributed by atoms with E-state index in [1.807, 2.05) is 32.0 Å². The molecule has 0 heterocycles. The fraction of sp³-hybridized carbons (Fsp3) is 0.333. The lowest BCUT2D eigenvalue weighted by Gasteiger charge is -2.25. The predicted molar refractivity (Wildman–Crippen MR) is 107 cm³/mol. The maximum absolute atomic E-state index is 12.4. The number of carbonyl (C=O) groups is 2. The van der Waals surface area contributed by atoms with Crippen molar-refractivity contribution in [2.75, 3.05) is 31.0 Å². The first-order chi connectivity index (χ1) is 12.9. The third-order valence-corrected chi connectivity index (χ3v) is 4.32. The Balaban J connectivity index is 2.08. The van der Waals surface area contributed by atoms with Crippen LogP contribution in [0.2, 0.25) is 0 Å². The van der Waals surface area contributed by atoms with E-state index in [4.69, 9.17) is 9.47 Å². The molecule has 27 heavy (non-hydrogen) atoms. The Morgan fingerprint density at radius 2 is 1.63 bits per heavy atom. The van der Waals surface area contributed by atoms with Gasteiger partial charge in [-0.25, -0.2) is 0 Å². The van der Waals surface area contributed by atoms with Crippen molar-refractivity contribution in [3.8, 4) is 11.5 Å². The summed E-state index contributed by atoms with van der Waals surface area (Å²) in [7, 11) is 3.10. The van der Waals surface area contributed by atoms with Crippen LogP contribution < -0.4 is 19.7 Å². The minimum atomic E-state index is -0.181. The van der Waals surface area contributed by atoms with E-state index in [0.29, 0.717) is 23.7 Å². The third kappa shape index (κ3) is 5.00. The van der Waals surface area contributed by atoms with E-state index in [-0.39, 0.29) is 18.2 Å². The van der Waals surface area contributed by atoms with Gasteiger partial charge in [0.1, 0.15) is 0 Å². The van der Waals surface area contributed by atoms with Gasteiger partial charge in [0, 0.05) is 37.3 Å². The van der Waals surface area contributed by atoms with Crippen molar-refractivity contribution in [2.24, 2.45) is 0 Å². The standard InChI is InChI=1S/C21H26N2O4/c1-14-7-6-8-15(2)21(14)23(16(3)24)12-11-20(25)22-17-9-10-18(26-4)19(13-17)27-5/h6-10,13H,11-12H2,1-5H3,(H,22,25). The minimum Gasteiger partial charge on any atom is -0.493 e. The van der Waals surface area contributed by atoms with E-state index >= 15 is 0 Å². The molecule has 0 atom stereocenters. The van der Waals surface area contributed by atoms with Crippen molar-refractivity contribution in [1.82, 2.24) is 0 Å². The molecule has 0 bridgehead atoms. The number of methoxy groups -OCH3 is 2. The summed E-state index contributed by atoms with van der Waals surface area (Å²) in [6.45, 7) is 5.74. The Morgan fingerprint density at radius 3 is 2.19 bits per heavy atom. The Hall–Kier alpha value is -3.02. The molecule has 0 aliphatic heterocycles.